The number of nitrogens with zero attached hydrogens (tertiary/aromatic N) is 2. The minimum atomic E-state index is -0.413. The molecule has 0 saturated heterocycles. The molecule has 6 heteroatoms. The fraction of sp³-hybridized carbons (Fsp3) is 0. The maximum Gasteiger partial charge on any atom is 0.274 e. The summed E-state index contributed by atoms with van der Waals surface area (Å²) in [5, 5.41) is 6.91. The molecule has 0 radical (unpaired) electrons. The predicted molar refractivity (Wildman–Crippen MR) is 104 cm³/mol. The summed E-state index contributed by atoms with van der Waals surface area (Å²) in [4.78, 5) is 20.8. The Kier molecular flexibility index (Phi) is 4.45. The summed E-state index contributed by atoms with van der Waals surface area (Å²) in [5.41, 5.74) is 3.06. The van der Waals surface area contributed by atoms with Gasteiger partial charge in [0.15, 0.2) is 0 Å². The first-order valence-corrected chi connectivity index (χ1v) is 8.33. The Labute approximate surface area is 154 Å². The molecule has 27 heavy (non-hydrogen) atoms. The molecule has 4 aromatic rings. The number of benzene rings is 2. The van der Waals surface area contributed by atoms with Crippen molar-refractivity contribution < 1.29 is 9.18 Å². The maximum atomic E-state index is 13.2. The molecule has 0 aliphatic rings. The van der Waals surface area contributed by atoms with E-state index in [2.05, 4.69) is 20.6 Å². The number of fused-ring (bicyclic) bond motifs is 1. The van der Waals surface area contributed by atoms with Gasteiger partial charge in [0.25, 0.3) is 5.91 Å². The lowest BCUT2D eigenvalue weighted by Gasteiger charge is -2.09. The maximum absolute atomic E-state index is 13.2. The van der Waals surface area contributed by atoms with Gasteiger partial charge < -0.3 is 10.6 Å². The van der Waals surface area contributed by atoms with Crippen LogP contribution < -0.4 is 10.6 Å². The van der Waals surface area contributed by atoms with Gasteiger partial charge in [0.1, 0.15) is 11.5 Å². The average Bonchev–Trinajstić information content (AvgIpc) is 2.69. The zero-order chi connectivity index (χ0) is 18.6. The van der Waals surface area contributed by atoms with Crippen LogP contribution in [0.25, 0.3) is 10.9 Å². The Bertz CT molecular complexity index is 1110. The smallest absolute Gasteiger partial charge is 0.274 e. The van der Waals surface area contributed by atoms with Crippen LogP contribution in [0.5, 0.6) is 0 Å². The average molecular weight is 358 g/mol. The lowest BCUT2D eigenvalue weighted by Crippen LogP contribution is -2.13. The van der Waals surface area contributed by atoms with E-state index in [1.165, 1.54) is 18.2 Å². The van der Waals surface area contributed by atoms with E-state index in [-0.39, 0.29) is 5.69 Å². The Morgan fingerprint density at radius 3 is 2.56 bits per heavy atom. The van der Waals surface area contributed by atoms with Crippen LogP contribution in [0, 0.1) is 5.82 Å². The van der Waals surface area contributed by atoms with E-state index in [0.29, 0.717) is 5.69 Å². The Morgan fingerprint density at radius 2 is 1.74 bits per heavy atom. The van der Waals surface area contributed by atoms with Crippen molar-refractivity contribution in [3.05, 3.63) is 90.6 Å². The number of carbonyl (C=O) groups excluding carboxylic acids is 1. The summed E-state index contributed by atoms with van der Waals surface area (Å²) in [6.45, 7) is 0. The van der Waals surface area contributed by atoms with Crippen LogP contribution in [0.1, 0.15) is 10.5 Å². The van der Waals surface area contributed by atoms with Crippen molar-refractivity contribution >= 4 is 33.9 Å². The molecule has 132 valence electrons. The second kappa shape index (κ2) is 7.21. The Balaban J connectivity index is 1.51. The molecule has 1 amide bonds. The monoisotopic (exact) mass is 358 g/mol. The summed E-state index contributed by atoms with van der Waals surface area (Å²) < 4.78 is 13.2. The molecule has 0 aliphatic heterocycles. The predicted octanol–water partition coefficient (Wildman–Crippen LogP) is 4.76. The molecule has 0 unspecified atom stereocenters. The fourth-order valence-electron chi connectivity index (χ4n) is 2.72. The van der Waals surface area contributed by atoms with Crippen molar-refractivity contribution in [3.63, 3.8) is 0 Å². The van der Waals surface area contributed by atoms with Crippen molar-refractivity contribution in [2.24, 2.45) is 0 Å². The van der Waals surface area contributed by atoms with Gasteiger partial charge in [-0.15, -0.1) is 0 Å². The first kappa shape index (κ1) is 16.7. The van der Waals surface area contributed by atoms with Crippen molar-refractivity contribution in [1.82, 2.24) is 9.97 Å². The molecule has 2 heterocycles. The third-order valence-corrected chi connectivity index (χ3v) is 3.99. The van der Waals surface area contributed by atoms with Crippen LogP contribution in [0.3, 0.4) is 0 Å². The molecule has 0 bridgehead atoms. The lowest BCUT2D eigenvalue weighted by molar-refractivity contribution is 0.102. The highest BCUT2D eigenvalue weighted by atomic mass is 19.1. The van der Waals surface area contributed by atoms with Gasteiger partial charge in [-0.2, -0.15) is 0 Å². The first-order chi connectivity index (χ1) is 13.2. The number of hydrogen-bond donors (Lipinski definition) is 2. The molecule has 5 nitrogen and oxygen atoms in total. The van der Waals surface area contributed by atoms with E-state index in [1.54, 1.807) is 30.6 Å². The number of hydrogen-bond acceptors (Lipinski definition) is 4. The summed E-state index contributed by atoms with van der Waals surface area (Å²) in [5.74, 6) is -0.817. The summed E-state index contributed by atoms with van der Waals surface area (Å²) in [6.07, 6.45) is 3.31. The highest BCUT2D eigenvalue weighted by molar-refractivity contribution is 6.03. The number of halogens is 1. The summed E-state index contributed by atoms with van der Waals surface area (Å²) in [6, 6.07) is 18.8. The fourth-order valence-corrected chi connectivity index (χ4v) is 2.72. The zero-order valence-corrected chi connectivity index (χ0v) is 14.2. The van der Waals surface area contributed by atoms with Crippen LogP contribution in [0.15, 0.2) is 79.1 Å². The van der Waals surface area contributed by atoms with Gasteiger partial charge in [-0.1, -0.05) is 24.3 Å². The third kappa shape index (κ3) is 3.74. The Hall–Kier alpha value is -3.80. The number of rotatable bonds is 4. The van der Waals surface area contributed by atoms with E-state index in [4.69, 9.17) is 0 Å². The minimum Gasteiger partial charge on any atom is -0.352 e. The molecule has 0 aliphatic carbocycles. The van der Waals surface area contributed by atoms with Gasteiger partial charge >= 0.3 is 0 Å². The van der Waals surface area contributed by atoms with E-state index >= 15 is 0 Å². The number of pyridine rings is 2. The van der Waals surface area contributed by atoms with Crippen molar-refractivity contribution in [3.8, 4) is 0 Å². The summed E-state index contributed by atoms with van der Waals surface area (Å²) in [7, 11) is 0. The number of aromatic nitrogens is 2. The highest BCUT2D eigenvalue weighted by Crippen LogP contribution is 2.24. The molecule has 0 fully saturated rings. The van der Waals surface area contributed by atoms with Gasteiger partial charge in [0.05, 0.1) is 23.1 Å². The number of para-hydroxylation sites is 1. The van der Waals surface area contributed by atoms with E-state index < -0.39 is 11.7 Å². The van der Waals surface area contributed by atoms with Gasteiger partial charge in [-0.25, -0.2) is 9.37 Å². The van der Waals surface area contributed by atoms with E-state index in [9.17, 15) is 9.18 Å². The second-order valence-corrected chi connectivity index (χ2v) is 5.90. The largest absolute Gasteiger partial charge is 0.352 e. The lowest BCUT2D eigenvalue weighted by atomic mass is 10.2. The van der Waals surface area contributed by atoms with Gasteiger partial charge in [0, 0.05) is 17.3 Å². The molecular formula is C21H15FN4O. The Morgan fingerprint density at radius 1 is 0.889 bits per heavy atom. The molecule has 0 saturated carbocycles. The standard InChI is InChI=1S/C21H15FN4O/c22-15-6-2-7-16(12-15)26-21(27)19-10-9-17(13-24-19)25-18-8-1-4-14-5-3-11-23-20(14)18/h1-13,25H,(H,26,27). The van der Waals surface area contributed by atoms with Crippen LogP contribution in [-0.4, -0.2) is 15.9 Å². The van der Waals surface area contributed by atoms with Crippen molar-refractivity contribution in [2.45, 2.75) is 0 Å². The molecule has 2 aromatic carbocycles. The molecule has 0 spiro atoms. The highest BCUT2D eigenvalue weighted by Gasteiger charge is 2.09. The minimum absolute atomic E-state index is 0.237. The van der Waals surface area contributed by atoms with Gasteiger partial charge in [0.2, 0.25) is 0 Å². The second-order valence-electron chi connectivity index (χ2n) is 5.90. The van der Waals surface area contributed by atoms with E-state index in [1.807, 2.05) is 30.3 Å². The van der Waals surface area contributed by atoms with Gasteiger partial charge in [-0.05, 0) is 42.5 Å². The topological polar surface area (TPSA) is 66.9 Å². The SMILES string of the molecule is O=C(Nc1cccc(F)c1)c1ccc(Nc2cccc3cccnc23)cn1. The molecular weight excluding hydrogens is 343 g/mol. The van der Waals surface area contributed by atoms with Crippen LogP contribution in [0.4, 0.5) is 21.5 Å². The molecule has 2 aromatic heterocycles. The first-order valence-electron chi connectivity index (χ1n) is 8.33. The molecule has 0 atom stereocenters. The normalized spacial score (nSPS) is 10.6. The summed E-state index contributed by atoms with van der Waals surface area (Å²) >= 11 is 0. The zero-order valence-electron chi connectivity index (χ0n) is 14.2. The third-order valence-electron chi connectivity index (χ3n) is 3.99. The van der Waals surface area contributed by atoms with Gasteiger partial charge in [-0.3, -0.25) is 9.78 Å². The molecule has 2 N–H and O–H groups in total. The molecule has 4 rings (SSSR count). The number of amides is 1. The van der Waals surface area contributed by atoms with E-state index in [0.717, 1.165) is 22.3 Å². The van der Waals surface area contributed by atoms with Crippen LogP contribution in [0.2, 0.25) is 0 Å². The quantitative estimate of drug-likeness (QED) is 0.552. The van der Waals surface area contributed by atoms with Crippen LogP contribution in [-0.2, 0) is 0 Å². The van der Waals surface area contributed by atoms with Crippen LogP contribution >= 0.6 is 0 Å². The van der Waals surface area contributed by atoms with Crippen molar-refractivity contribution in [2.75, 3.05) is 10.6 Å². The number of carbonyl (C=O) groups is 1. The number of nitrogens with one attached hydrogen (secondary N) is 2. The van der Waals surface area contributed by atoms with Crippen molar-refractivity contribution in [1.29, 1.82) is 0 Å². The number of anilines is 3.